The molecular weight excluding hydrogens is 524 g/mol. The van der Waals surface area contributed by atoms with E-state index in [4.69, 9.17) is 4.98 Å². The van der Waals surface area contributed by atoms with Crippen LogP contribution in [0.2, 0.25) is 0 Å². The molecule has 3 N–H and O–H groups in total. The van der Waals surface area contributed by atoms with Gasteiger partial charge in [-0.2, -0.15) is 4.98 Å². The van der Waals surface area contributed by atoms with Crippen molar-refractivity contribution in [3.63, 3.8) is 0 Å². The molecule has 4 aromatic rings. The molecule has 0 bridgehead atoms. The fourth-order valence-electron chi connectivity index (χ4n) is 4.14. The van der Waals surface area contributed by atoms with E-state index in [-0.39, 0.29) is 11.9 Å². The Morgan fingerprint density at radius 2 is 2.00 bits per heavy atom. The van der Waals surface area contributed by atoms with Gasteiger partial charge < -0.3 is 16.0 Å². The number of carbonyl (C=O) groups is 1. The molecule has 9 heteroatoms. The molecule has 1 atom stereocenters. The van der Waals surface area contributed by atoms with Gasteiger partial charge in [-0.1, -0.05) is 40.2 Å². The zero-order valence-corrected chi connectivity index (χ0v) is 21.6. The van der Waals surface area contributed by atoms with E-state index in [1.807, 2.05) is 54.8 Å². The Morgan fingerprint density at radius 1 is 1.11 bits per heavy atom. The number of hydrogen-bond acceptors (Lipinski definition) is 7. The lowest BCUT2D eigenvalue weighted by Crippen LogP contribution is -2.45. The monoisotopic (exact) mass is 548 g/mol. The number of anilines is 2. The number of halogens is 1. The molecule has 0 spiro atoms. The molecule has 1 amide bonds. The van der Waals surface area contributed by atoms with Gasteiger partial charge in [0, 0.05) is 44.8 Å². The number of nitrogens with zero attached hydrogens (tertiary/aromatic N) is 3. The highest BCUT2D eigenvalue weighted by Crippen LogP contribution is 2.32. The predicted molar refractivity (Wildman–Crippen MR) is 145 cm³/mol. The van der Waals surface area contributed by atoms with Gasteiger partial charge in [-0.25, -0.2) is 9.97 Å². The van der Waals surface area contributed by atoms with Gasteiger partial charge in [0.05, 0.1) is 0 Å². The lowest BCUT2D eigenvalue weighted by molar-refractivity contribution is 0.0926. The van der Waals surface area contributed by atoms with Crippen LogP contribution in [-0.4, -0.2) is 46.2 Å². The molecule has 1 fully saturated rings. The van der Waals surface area contributed by atoms with Crippen molar-refractivity contribution < 1.29 is 4.79 Å². The molecule has 7 nitrogen and oxygen atoms in total. The molecule has 1 saturated heterocycles. The number of aromatic nitrogens is 3. The summed E-state index contributed by atoms with van der Waals surface area (Å²) in [6.07, 6.45) is 5.76. The van der Waals surface area contributed by atoms with Crippen LogP contribution in [0.3, 0.4) is 0 Å². The minimum Gasteiger partial charge on any atom is -0.347 e. The van der Waals surface area contributed by atoms with Crippen LogP contribution in [0, 0.1) is 0 Å². The third kappa shape index (κ3) is 5.47. The molecule has 0 unspecified atom stereocenters. The maximum absolute atomic E-state index is 13.4. The number of pyridine rings is 1. The number of carbonyl (C=O) groups excluding carboxylic acids is 1. The Balaban J connectivity index is 1.54. The van der Waals surface area contributed by atoms with Crippen molar-refractivity contribution in [3.05, 3.63) is 71.0 Å². The number of benzene rings is 2. The Morgan fingerprint density at radius 3 is 2.80 bits per heavy atom. The molecule has 2 aromatic carbocycles. The summed E-state index contributed by atoms with van der Waals surface area (Å²) in [5, 5.41) is 10.5. The lowest BCUT2D eigenvalue weighted by atomic mass is 10.0. The molecule has 3 heterocycles. The first-order chi connectivity index (χ1) is 17.1. The summed E-state index contributed by atoms with van der Waals surface area (Å²) in [4.78, 5) is 28.4. The molecule has 5 rings (SSSR count). The number of amides is 1. The third-order valence-corrected chi connectivity index (χ3v) is 7.32. The maximum Gasteiger partial charge on any atom is 0.270 e. The smallest absolute Gasteiger partial charge is 0.270 e. The number of nitrogens with one attached hydrogen (secondary N) is 3. The molecule has 1 aliphatic rings. The quantitative estimate of drug-likeness (QED) is 0.278. The van der Waals surface area contributed by atoms with Crippen LogP contribution in [0.4, 0.5) is 11.6 Å². The molecule has 0 aliphatic carbocycles. The molecular formula is C26H25BrN6OS. The first-order valence-corrected chi connectivity index (χ1v) is 13.5. The van der Waals surface area contributed by atoms with Crippen LogP contribution in [0.1, 0.15) is 23.3 Å². The van der Waals surface area contributed by atoms with Crippen molar-refractivity contribution in [2.75, 3.05) is 24.7 Å². The van der Waals surface area contributed by atoms with Crippen LogP contribution in [-0.2, 0) is 0 Å². The van der Waals surface area contributed by atoms with Crippen LogP contribution in [0.25, 0.3) is 22.2 Å². The van der Waals surface area contributed by atoms with Crippen molar-refractivity contribution >= 4 is 56.3 Å². The second kappa shape index (κ2) is 10.7. The zero-order chi connectivity index (χ0) is 24.2. The lowest BCUT2D eigenvalue weighted by Gasteiger charge is -2.24. The molecule has 178 valence electrons. The van der Waals surface area contributed by atoms with Gasteiger partial charge in [0.25, 0.3) is 5.91 Å². The van der Waals surface area contributed by atoms with E-state index in [1.165, 1.54) is 0 Å². The summed E-state index contributed by atoms with van der Waals surface area (Å²) in [6.45, 7) is 1.74. The largest absolute Gasteiger partial charge is 0.347 e. The number of hydrogen-bond donors (Lipinski definition) is 3. The topological polar surface area (TPSA) is 91.8 Å². The van der Waals surface area contributed by atoms with Gasteiger partial charge in [-0.05, 0) is 61.5 Å². The van der Waals surface area contributed by atoms with Gasteiger partial charge in [-0.3, -0.25) is 4.79 Å². The predicted octanol–water partition coefficient (Wildman–Crippen LogP) is 5.40. The summed E-state index contributed by atoms with van der Waals surface area (Å²) >= 11 is 5.30. The second-order valence-electron chi connectivity index (χ2n) is 8.34. The van der Waals surface area contributed by atoms with Crippen LogP contribution in [0.5, 0.6) is 0 Å². The summed E-state index contributed by atoms with van der Waals surface area (Å²) in [5.41, 5.74) is 3.34. The van der Waals surface area contributed by atoms with E-state index in [0.717, 1.165) is 57.5 Å². The SMILES string of the molecule is CSc1cccc(Nc2ncc3cc(-c4ccccc4Br)c(C(=O)N[C@H]4CCCNC4)nc3n2)c1. The van der Waals surface area contributed by atoms with Crippen LogP contribution < -0.4 is 16.0 Å². The first kappa shape index (κ1) is 23.7. The van der Waals surface area contributed by atoms with Crippen LogP contribution in [0.15, 0.2) is 70.2 Å². The summed E-state index contributed by atoms with van der Waals surface area (Å²) < 4.78 is 0.891. The maximum atomic E-state index is 13.4. The first-order valence-electron chi connectivity index (χ1n) is 11.5. The van der Waals surface area contributed by atoms with Crippen molar-refractivity contribution in [1.29, 1.82) is 0 Å². The molecule has 0 radical (unpaired) electrons. The van der Waals surface area contributed by atoms with Gasteiger partial charge in [-0.15, -0.1) is 11.8 Å². The van der Waals surface area contributed by atoms with Crippen LogP contribution >= 0.6 is 27.7 Å². The minimum atomic E-state index is -0.202. The van der Waals surface area contributed by atoms with Gasteiger partial charge in [0.15, 0.2) is 5.65 Å². The third-order valence-electron chi connectivity index (χ3n) is 5.91. The van der Waals surface area contributed by atoms with E-state index in [9.17, 15) is 4.79 Å². The van der Waals surface area contributed by atoms with Crippen molar-refractivity contribution in [2.45, 2.75) is 23.8 Å². The second-order valence-corrected chi connectivity index (χ2v) is 10.1. The molecule has 0 saturated carbocycles. The van der Waals surface area contributed by atoms with E-state index in [1.54, 1.807) is 18.0 Å². The summed E-state index contributed by atoms with van der Waals surface area (Å²) in [5.74, 6) is 0.229. The summed E-state index contributed by atoms with van der Waals surface area (Å²) in [7, 11) is 0. The average Bonchev–Trinajstić information content (AvgIpc) is 2.89. The van der Waals surface area contributed by atoms with Crippen molar-refractivity contribution in [1.82, 2.24) is 25.6 Å². The Bertz CT molecular complexity index is 1380. The number of rotatable bonds is 6. The molecule has 2 aromatic heterocycles. The summed E-state index contributed by atoms with van der Waals surface area (Å²) in [6, 6.07) is 17.9. The van der Waals surface area contributed by atoms with E-state index >= 15 is 0 Å². The Labute approximate surface area is 216 Å². The zero-order valence-electron chi connectivity index (χ0n) is 19.2. The van der Waals surface area contributed by atoms with Gasteiger partial charge >= 0.3 is 0 Å². The highest BCUT2D eigenvalue weighted by atomic mass is 79.9. The highest BCUT2D eigenvalue weighted by molar-refractivity contribution is 9.10. The van der Waals surface area contributed by atoms with Crippen molar-refractivity contribution in [3.8, 4) is 11.1 Å². The standard InChI is InChI=1S/C26H25BrN6OS/c1-35-19-8-4-6-17(13-19)31-26-29-14-16-12-21(20-9-2-3-10-22(20)27)23(32-24(16)33-26)25(34)30-18-7-5-11-28-15-18/h2-4,6,8-10,12-14,18,28H,5,7,11,15H2,1H3,(H,30,34)(H,29,31,32,33)/t18-/m0/s1. The number of piperidine rings is 1. The van der Waals surface area contributed by atoms with E-state index < -0.39 is 0 Å². The number of fused-ring (bicyclic) bond motifs is 1. The molecule has 1 aliphatic heterocycles. The Hall–Kier alpha value is -3.01. The highest BCUT2D eigenvalue weighted by Gasteiger charge is 2.22. The normalized spacial score (nSPS) is 15.7. The Kier molecular flexibility index (Phi) is 7.26. The average molecular weight is 549 g/mol. The fourth-order valence-corrected chi connectivity index (χ4v) is 5.10. The fraction of sp³-hybridized carbons (Fsp3) is 0.231. The number of thioether (sulfide) groups is 1. The van der Waals surface area contributed by atoms with E-state index in [0.29, 0.717) is 17.3 Å². The molecule has 35 heavy (non-hydrogen) atoms. The van der Waals surface area contributed by atoms with Gasteiger partial charge in [0.1, 0.15) is 5.69 Å². The van der Waals surface area contributed by atoms with Gasteiger partial charge in [0.2, 0.25) is 5.95 Å². The minimum absolute atomic E-state index is 0.0761. The van der Waals surface area contributed by atoms with Crippen molar-refractivity contribution in [2.24, 2.45) is 0 Å². The van der Waals surface area contributed by atoms with E-state index in [2.05, 4.69) is 47.9 Å².